The summed E-state index contributed by atoms with van der Waals surface area (Å²) in [6, 6.07) is 11.0. The van der Waals surface area contributed by atoms with Crippen LogP contribution in [0.5, 0.6) is 0 Å². The minimum atomic E-state index is 0.440. The summed E-state index contributed by atoms with van der Waals surface area (Å²) in [5.74, 6) is 5.94. The average molecular weight is 176 g/mol. The smallest absolute Gasteiger partial charge is 0.0490 e. The van der Waals surface area contributed by atoms with Crippen molar-refractivity contribution in [2.75, 3.05) is 6.54 Å². The molecule has 0 saturated carbocycles. The maximum absolute atomic E-state index is 5.94. The molecule has 1 saturated heterocycles. The molecule has 2 nitrogen and oxygen atoms in total. The summed E-state index contributed by atoms with van der Waals surface area (Å²) in [6.45, 7) is 1.03. The van der Waals surface area contributed by atoms with Gasteiger partial charge in [0.25, 0.3) is 0 Å². The molecule has 1 aliphatic rings. The molecule has 0 unspecified atom stereocenters. The third kappa shape index (κ3) is 1.90. The number of rotatable bonds is 1. The highest BCUT2D eigenvalue weighted by atomic mass is 15.4. The van der Waals surface area contributed by atoms with E-state index >= 15 is 0 Å². The molecule has 0 aromatic heterocycles. The van der Waals surface area contributed by atoms with Gasteiger partial charge < -0.3 is 0 Å². The number of piperidine rings is 1. The van der Waals surface area contributed by atoms with E-state index in [9.17, 15) is 0 Å². The van der Waals surface area contributed by atoms with Crippen molar-refractivity contribution in [2.45, 2.75) is 25.3 Å². The molecule has 1 atom stereocenters. The molecule has 1 aromatic carbocycles. The number of hydrogen-bond acceptors (Lipinski definition) is 2. The lowest BCUT2D eigenvalue weighted by atomic mass is 9.97. The molecule has 0 amide bonds. The number of benzene rings is 1. The third-order valence-electron chi connectivity index (χ3n) is 2.73. The zero-order chi connectivity index (χ0) is 9.10. The lowest BCUT2D eigenvalue weighted by Gasteiger charge is -2.32. The van der Waals surface area contributed by atoms with Gasteiger partial charge in [-0.05, 0) is 18.4 Å². The van der Waals surface area contributed by atoms with E-state index in [0.717, 1.165) is 6.54 Å². The maximum Gasteiger partial charge on any atom is 0.0490 e. The predicted molar refractivity (Wildman–Crippen MR) is 53.9 cm³/mol. The number of nitrogens with zero attached hydrogens (tertiary/aromatic N) is 1. The van der Waals surface area contributed by atoms with Gasteiger partial charge in [0, 0.05) is 12.6 Å². The van der Waals surface area contributed by atoms with Crippen LogP contribution in [-0.2, 0) is 0 Å². The molecule has 0 aliphatic carbocycles. The molecular formula is C11H16N2. The van der Waals surface area contributed by atoms with Gasteiger partial charge in [-0.3, -0.25) is 5.84 Å². The Morgan fingerprint density at radius 3 is 2.62 bits per heavy atom. The SMILES string of the molecule is NN1CCCC[C@H]1c1ccccc1. The first-order valence-corrected chi connectivity index (χ1v) is 4.94. The predicted octanol–water partition coefficient (Wildman–Crippen LogP) is 2.09. The van der Waals surface area contributed by atoms with E-state index in [2.05, 4.69) is 24.3 Å². The molecule has 0 spiro atoms. The van der Waals surface area contributed by atoms with Crippen LogP contribution < -0.4 is 5.84 Å². The Morgan fingerprint density at radius 1 is 1.15 bits per heavy atom. The lowest BCUT2D eigenvalue weighted by Crippen LogP contribution is -2.38. The summed E-state index contributed by atoms with van der Waals surface area (Å²) in [7, 11) is 0. The summed E-state index contributed by atoms with van der Waals surface area (Å²) < 4.78 is 0. The highest BCUT2D eigenvalue weighted by Crippen LogP contribution is 2.27. The van der Waals surface area contributed by atoms with Gasteiger partial charge in [-0.25, -0.2) is 5.01 Å². The van der Waals surface area contributed by atoms with E-state index in [1.54, 1.807) is 0 Å². The van der Waals surface area contributed by atoms with Gasteiger partial charge in [0.05, 0.1) is 0 Å². The Balaban J connectivity index is 2.15. The number of hydrogen-bond donors (Lipinski definition) is 1. The second-order valence-corrected chi connectivity index (χ2v) is 3.66. The second-order valence-electron chi connectivity index (χ2n) is 3.66. The zero-order valence-electron chi connectivity index (χ0n) is 7.82. The fourth-order valence-electron chi connectivity index (χ4n) is 1.99. The minimum Gasteiger partial charge on any atom is -0.268 e. The van der Waals surface area contributed by atoms with E-state index < -0.39 is 0 Å². The van der Waals surface area contributed by atoms with E-state index in [1.165, 1.54) is 24.8 Å². The molecule has 1 aromatic rings. The Labute approximate surface area is 79.3 Å². The quantitative estimate of drug-likeness (QED) is 0.664. The normalized spacial score (nSPS) is 24.5. The molecule has 2 N–H and O–H groups in total. The van der Waals surface area contributed by atoms with E-state index in [1.807, 2.05) is 11.1 Å². The van der Waals surface area contributed by atoms with Crippen molar-refractivity contribution in [3.63, 3.8) is 0 Å². The summed E-state index contributed by atoms with van der Waals surface area (Å²) in [4.78, 5) is 0. The second kappa shape index (κ2) is 3.90. The minimum absolute atomic E-state index is 0.440. The summed E-state index contributed by atoms with van der Waals surface area (Å²) in [6.07, 6.45) is 3.73. The van der Waals surface area contributed by atoms with Crippen molar-refractivity contribution in [1.29, 1.82) is 0 Å². The van der Waals surface area contributed by atoms with Gasteiger partial charge in [0.15, 0.2) is 0 Å². The van der Waals surface area contributed by atoms with Crippen LogP contribution in [0.4, 0.5) is 0 Å². The molecule has 2 rings (SSSR count). The fraction of sp³-hybridized carbons (Fsp3) is 0.455. The monoisotopic (exact) mass is 176 g/mol. The van der Waals surface area contributed by atoms with Crippen LogP contribution >= 0.6 is 0 Å². The molecule has 1 fully saturated rings. The van der Waals surface area contributed by atoms with Crippen LogP contribution in [0.1, 0.15) is 30.9 Å². The van der Waals surface area contributed by atoms with Crippen LogP contribution in [0.25, 0.3) is 0 Å². The van der Waals surface area contributed by atoms with E-state index in [-0.39, 0.29) is 0 Å². The highest BCUT2D eigenvalue weighted by Gasteiger charge is 2.20. The standard InChI is InChI=1S/C11H16N2/c12-13-9-5-4-8-11(13)10-6-2-1-3-7-10/h1-3,6-7,11H,4-5,8-9,12H2/t11-/m0/s1. The Morgan fingerprint density at radius 2 is 1.92 bits per heavy atom. The van der Waals surface area contributed by atoms with Crippen molar-refractivity contribution >= 4 is 0 Å². The molecule has 0 bridgehead atoms. The Bertz CT molecular complexity index is 258. The van der Waals surface area contributed by atoms with Crippen molar-refractivity contribution in [3.8, 4) is 0 Å². The lowest BCUT2D eigenvalue weighted by molar-refractivity contribution is 0.151. The highest BCUT2D eigenvalue weighted by molar-refractivity contribution is 5.19. The fourth-order valence-corrected chi connectivity index (χ4v) is 1.99. The molecular weight excluding hydrogens is 160 g/mol. The summed E-state index contributed by atoms with van der Waals surface area (Å²) >= 11 is 0. The molecule has 1 heterocycles. The zero-order valence-corrected chi connectivity index (χ0v) is 7.82. The van der Waals surface area contributed by atoms with Gasteiger partial charge in [0.1, 0.15) is 0 Å². The Kier molecular flexibility index (Phi) is 2.62. The summed E-state index contributed by atoms with van der Waals surface area (Å²) in [5, 5.41) is 1.97. The van der Waals surface area contributed by atoms with E-state index in [0.29, 0.717) is 6.04 Å². The van der Waals surface area contributed by atoms with Crippen LogP contribution in [0.3, 0.4) is 0 Å². The largest absolute Gasteiger partial charge is 0.268 e. The van der Waals surface area contributed by atoms with Crippen molar-refractivity contribution in [2.24, 2.45) is 5.84 Å². The third-order valence-corrected chi connectivity index (χ3v) is 2.73. The van der Waals surface area contributed by atoms with Gasteiger partial charge >= 0.3 is 0 Å². The van der Waals surface area contributed by atoms with Crippen LogP contribution in [0.2, 0.25) is 0 Å². The van der Waals surface area contributed by atoms with Crippen molar-refractivity contribution in [3.05, 3.63) is 35.9 Å². The summed E-state index contributed by atoms with van der Waals surface area (Å²) in [5.41, 5.74) is 1.35. The van der Waals surface area contributed by atoms with Gasteiger partial charge in [-0.15, -0.1) is 0 Å². The Hall–Kier alpha value is -0.860. The van der Waals surface area contributed by atoms with Crippen molar-refractivity contribution in [1.82, 2.24) is 5.01 Å². The molecule has 13 heavy (non-hydrogen) atoms. The number of hydrazine groups is 1. The van der Waals surface area contributed by atoms with Gasteiger partial charge in [-0.1, -0.05) is 36.8 Å². The molecule has 2 heteroatoms. The van der Waals surface area contributed by atoms with Crippen molar-refractivity contribution < 1.29 is 0 Å². The van der Waals surface area contributed by atoms with Crippen LogP contribution in [0, 0.1) is 0 Å². The number of nitrogens with two attached hydrogens (primary N) is 1. The first-order valence-electron chi connectivity index (χ1n) is 4.94. The topological polar surface area (TPSA) is 29.3 Å². The van der Waals surface area contributed by atoms with Gasteiger partial charge in [-0.2, -0.15) is 0 Å². The van der Waals surface area contributed by atoms with Gasteiger partial charge in [0.2, 0.25) is 0 Å². The average Bonchev–Trinajstić information content (AvgIpc) is 2.20. The molecule has 70 valence electrons. The van der Waals surface area contributed by atoms with Crippen LogP contribution in [0.15, 0.2) is 30.3 Å². The molecule has 1 aliphatic heterocycles. The first-order chi connectivity index (χ1) is 6.38. The molecule has 0 radical (unpaired) electrons. The first kappa shape index (κ1) is 8.73. The van der Waals surface area contributed by atoms with Crippen LogP contribution in [-0.4, -0.2) is 11.6 Å². The van der Waals surface area contributed by atoms with E-state index in [4.69, 9.17) is 5.84 Å². The maximum atomic E-state index is 5.94.